The molecule has 0 radical (unpaired) electrons. The molecule has 1 fully saturated rings. The van der Waals surface area contributed by atoms with E-state index in [1.807, 2.05) is 0 Å². The van der Waals surface area contributed by atoms with Crippen LogP contribution in [-0.4, -0.2) is 18.3 Å². The van der Waals surface area contributed by atoms with Crippen LogP contribution >= 0.6 is 22.6 Å². The summed E-state index contributed by atoms with van der Waals surface area (Å²) in [5.41, 5.74) is 6.56. The summed E-state index contributed by atoms with van der Waals surface area (Å²) in [5, 5.41) is 0. The summed E-state index contributed by atoms with van der Waals surface area (Å²) in [4.78, 5) is 0. The van der Waals surface area contributed by atoms with E-state index in [2.05, 4.69) is 101 Å². The molecule has 4 heteroatoms. The molecule has 1 heterocycles. The summed E-state index contributed by atoms with van der Waals surface area (Å²) in [6, 6.07) is 14.3. The third-order valence-electron chi connectivity index (χ3n) is 9.79. The summed E-state index contributed by atoms with van der Waals surface area (Å²) in [7, 11) is -0.315. The Kier molecular flexibility index (Phi) is 10.7. The minimum absolute atomic E-state index is 0.0843. The third-order valence-corrected chi connectivity index (χ3v) is 10.5. The first-order valence-electron chi connectivity index (χ1n) is 16.0. The average Bonchev–Trinajstić information content (AvgIpc) is 3.29. The van der Waals surface area contributed by atoms with Crippen molar-refractivity contribution >= 4 is 35.2 Å². The summed E-state index contributed by atoms with van der Waals surface area (Å²) in [5.74, 6) is 0. The van der Waals surface area contributed by atoms with Crippen LogP contribution in [0.2, 0.25) is 0 Å². The van der Waals surface area contributed by atoms with E-state index < -0.39 is 0 Å². The van der Waals surface area contributed by atoms with Gasteiger partial charge >= 0.3 is 7.12 Å². The molecule has 2 aromatic rings. The lowest BCUT2D eigenvalue weighted by Gasteiger charge is -2.33. The van der Waals surface area contributed by atoms with Crippen molar-refractivity contribution in [3.05, 3.63) is 51.1 Å². The van der Waals surface area contributed by atoms with Gasteiger partial charge in [-0.05, 0) is 103 Å². The highest BCUT2D eigenvalue weighted by Crippen LogP contribution is 2.54. The topological polar surface area (TPSA) is 18.5 Å². The first kappa shape index (κ1) is 31.1. The molecule has 0 spiro atoms. The van der Waals surface area contributed by atoms with Crippen molar-refractivity contribution < 1.29 is 9.31 Å². The third kappa shape index (κ3) is 6.80. The van der Waals surface area contributed by atoms with Crippen LogP contribution < -0.4 is 5.46 Å². The number of fused-ring (bicyclic) bond motifs is 3. The maximum atomic E-state index is 6.52. The van der Waals surface area contributed by atoms with Gasteiger partial charge in [0.1, 0.15) is 0 Å². The van der Waals surface area contributed by atoms with Crippen LogP contribution in [0.5, 0.6) is 0 Å². The molecule has 0 amide bonds. The number of hydrogen-bond acceptors (Lipinski definition) is 2. The van der Waals surface area contributed by atoms with Gasteiger partial charge in [0, 0.05) is 8.99 Å². The van der Waals surface area contributed by atoms with Crippen molar-refractivity contribution in [2.75, 3.05) is 0 Å². The van der Waals surface area contributed by atoms with Gasteiger partial charge in [0.15, 0.2) is 0 Å². The van der Waals surface area contributed by atoms with E-state index in [-0.39, 0.29) is 23.7 Å². The summed E-state index contributed by atoms with van der Waals surface area (Å²) >= 11 is 2.51. The Hall–Kier alpha value is -0.845. The highest BCUT2D eigenvalue weighted by atomic mass is 127. The highest BCUT2D eigenvalue weighted by molar-refractivity contribution is 14.1. The molecule has 2 nitrogen and oxygen atoms in total. The van der Waals surface area contributed by atoms with Crippen molar-refractivity contribution in [1.29, 1.82) is 0 Å². The second-order valence-electron chi connectivity index (χ2n) is 13.2. The summed E-state index contributed by atoms with van der Waals surface area (Å²) < 4.78 is 14.4. The van der Waals surface area contributed by atoms with Gasteiger partial charge in [-0.1, -0.05) is 115 Å². The Bertz CT molecular complexity index is 1060. The zero-order valence-corrected chi connectivity index (χ0v) is 27.8. The van der Waals surface area contributed by atoms with Crippen molar-refractivity contribution in [3.8, 4) is 11.1 Å². The molecule has 0 unspecified atom stereocenters. The summed E-state index contributed by atoms with van der Waals surface area (Å²) in [6.07, 6.45) is 18.6. The SMILES string of the molecule is CCCCCCCCC1(CCCCCCCC)c2cc(I)ccc2-c2ccc(B3OC(C)(C)C(C)(C)O3)cc21. The molecular weight excluding hydrogens is 590 g/mol. The molecule has 4 rings (SSSR count). The Morgan fingerprint density at radius 3 is 1.62 bits per heavy atom. The fourth-order valence-electron chi connectivity index (χ4n) is 6.69. The Morgan fingerprint density at radius 1 is 0.615 bits per heavy atom. The van der Waals surface area contributed by atoms with Gasteiger partial charge in [0.05, 0.1) is 11.2 Å². The lowest BCUT2D eigenvalue weighted by Crippen LogP contribution is -2.41. The minimum Gasteiger partial charge on any atom is -0.399 e. The van der Waals surface area contributed by atoms with Crippen LogP contribution in [0.1, 0.15) is 143 Å². The fraction of sp³-hybridized carbons (Fsp3) is 0.657. The molecule has 1 saturated heterocycles. The van der Waals surface area contributed by atoms with Gasteiger partial charge in [-0.25, -0.2) is 0 Å². The molecule has 39 heavy (non-hydrogen) atoms. The quantitative estimate of drug-likeness (QED) is 0.109. The van der Waals surface area contributed by atoms with Gasteiger partial charge in [0.2, 0.25) is 0 Å². The van der Waals surface area contributed by atoms with Crippen LogP contribution in [0.4, 0.5) is 0 Å². The predicted molar refractivity (Wildman–Crippen MR) is 177 cm³/mol. The Balaban J connectivity index is 1.68. The monoisotopic (exact) mass is 642 g/mol. The van der Waals surface area contributed by atoms with Gasteiger partial charge < -0.3 is 9.31 Å². The van der Waals surface area contributed by atoms with Crippen LogP contribution in [0.25, 0.3) is 11.1 Å². The van der Waals surface area contributed by atoms with Gasteiger partial charge in [-0.3, -0.25) is 0 Å². The molecule has 0 saturated carbocycles. The predicted octanol–water partition coefficient (Wildman–Crippen LogP) is 10.4. The average molecular weight is 643 g/mol. The molecule has 0 aromatic heterocycles. The maximum Gasteiger partial charge on any atom is 0.494 e. The van der Waals surface area contributed by atoms with Crippen molar-refractivity contribution in [2.24, 2.45) is 0 Å². The van der Waals surface area contributed by atoms with E-state index in [9.17, 15) is 0 Å². The molecular formula is C35H52BIO2. The molecule has 0 N–H and O–H groups in total. The molecule has 1 aliphatic carbocycles. The lowest BCUT2D eigenvalue weighted by atomic mass is 9.68. The molecule has 2 aromatic carbocycles. The Labute approximate surface area is 253 Å². The number of benzene rings is 2. The molecule has 214 valence electrons. The van der Waals surface area contributed by atoms with E-state index in [0.29, 0.717) is 0 Å². The first-order chi connectivity index (χ1) is 18.6. The smallest absolute Gasteiger partial charge is 0.399 e. The van der Waals surface area contributed by atoms with Crippen LogP contribution in [0.3, 0.4) is 0 Å². The van der Waals surface area contributed by atoms with E-state index >= 15 is 0 Å². The molecule has 2 aliphatic rings. The van der Waals surface area contributed by atoms with Crippen LogP contribution in [0, 0.1) is 3.57 Å². The molecule has 0 atom stereocenters. The standard InChI is InChI=1S/C35H52BIO2/c1-7-9-11-13-15-17-23-35(24-18-16-14-12-10-8-2)31-25-27(36-38-33(3,4)34(5,6)39-36)19-21-29(31)30-22-20-28(37)26-32(30)35/h19-22,25-26H,7-18,23-24H2,1-6H3. The fourth-order valence-corrected chi connectivity index (χ4v) is 7.18. The van der Waals surface area contributed by atoms with Crippen LogP contribution in [-0.2, 0) is 14.7 Å². The summed E-state index contributed by atoms with van der Waals surface area (Å²) in [6.45, 7) is 13.2. The molecule has 1 aliphatic heterocycles. The number of hydrogen-bond donors (Lipinski definition) is 0. The van der Waals surface area contributed by atoms with Gasteiger partial charge in [-0.2, -0.15) is 0 Å². The maximum absolute atomic E-state index is 6.52. The van der Waals surface area contributed by atoms with E-state index in [1.165, 1.54) is 116 Å². The largest absolute Gasteiger partial charge is 0.494 e. The normalized spacial score (nSPS) is 18.4. The zero-order valence-electron chi connectivity index (χ0n) is 25.6. The number of halogens is 1. The minimum atomic E-state index is -0.330. The lowest BCUT2D eigenvalue weighted by molar-refractivity contribution is 0.00578. The van der Waals surface area contributed by atoms with Crippen LogP contribution in [0.15, 0.2) is 36.4 Å². The van der Waals surface area contributed by atoms with Crippen molar-refractivity contribution in [1.82, 2.24) is 0 Å². The number of rotatable bonds is 15. The van der Waals surface area contributed by atoms with Crippen molar-refractivity contribution in [3.63, 3.8) is 0 Å². The number of unbranched alkanes of at least 4 members (excludes halogenated alkanes) is 10. The van der Waals surface area contributed by atoms with Gasteiger partial charge in [-0.15, -0.1) is 0 Å². The van der Waals surface area contributed by atoms with E-state index in [1.54, 1.807) is 5.56 Å². The highest BCUT2D eigenvalue weighted by Gasteiger charge is 2.52. The van der Waals surface area contributed by atoms with Crippen molar-refractivity contribution in [2.45, 2.75) is 148 Å². The molecule has 0 bridgehead atoms. The van der Waals surface area contributed by atoms with E-state index in [4.69, 9.17) is 9.31 Å². The zero-order chi connectivity index (χ0) is 28.1. The first-order valence-corrected chi connectivity index (χ1v) is 17.0. The second-order valence-corrected chi connectivity index (χ2v) is 14.4. The Morgan fingerprint density at radius 2 is 1.08 bits per heavy atom. The van der Waals surface area contributed by atoms with Gasteiger partial charge in [0.25, 0.3) is 0 Å². The second kappa shape index (κ2) is 13.4. The van der Waals surface area contributed by atoms with E-state index in [0.717, 1.165) is 0 Å².